The van der Waals surface area contributed by atoms with Crippen LogP contribution in [0.2, 0.25) is 0 Å². The van der Waals surface area contributed by atoms with Crippen LogP contribution in [0.3, 0.4) is 0 Å². The third-order valence-electron chi connectivity index (χ3n) is 4.58. The monoisotopic (exact) mass is 619 g/mol. The van der Waals surface area contributed by atoms with Gasteiger partial charge in [0.05, 0.1) is 14.7 Å². The number of benzene rings is 3. The molecule has 0 saturated heterocycles. The summed E-state index contributed by atoms with van der Waals surface area (Å²) in [6.07, 6.45) is 1.53. The van der Waals surface area contributed by atoms with Crippen molar-refractivity contribution < 1.29 is 18.9 Å². The van der Waals surface area contributed by atoms with Gasteiger partial charge in [-0.25, -0.2) is 5.43 Å². The summed E-state index contributed by atoms with van der Waals surface area (Å²) in [6.45, 7) is 0.283. The molecule has 0 atom stereocenters. The van der Waals surface area contributed by atoms with E-state index in [4.69, 9.17) is 9.15 Å². The number of nitro benzene ring substituents is 1. The number of nitrogens with one attached hydrogen (secondary N) is 1. The van der Waals surface area contributed by atoms with Gasteiger partial charge in [-0.3, -0.25) is 14.9 Å². The van der Waals surface area contributed by atoms with E-state index < -0.39 is 10.8 Å². The fourth-order valence-corrected chi connectivity index (χ4v) is 4.01. The zero-order valence-electron chi connectivity index (χ0n) is 16.8. The van der Waals surface area contributed by atoms with Gasteiger partial charge in [-0.05, 0) is 88.3 Å². The Hall–Kier alpha value is -3.25. The summed E-state index contributed by atoms with van der Waals surface area (Å²) in [5.74, 6) is 0.393. The van der Waals surface area contributed by atoms with Crippen molar-refractivity contribution in [1.29, 1.82) is 0 Å². The van der Waals surface area contributed by atoms with Crippen molar-refractivity contribution in [2.45, 2.75) is 6.61 Å². The molecule has 0 fully saturated rings. The first-order valence-corrected chi connectivity index (χ1v) is 11.4. The van der Waals surface area contributed by atoms with Crippen molar-refractivity contribution in [3.63, 3.8) is 0 Å². The van der Waals surface area contributed by atoms with Crippen molar-refractivity contribution in [3.8, 4) is 5.75 Å². The Morgan fingerprint density at radius 1 is 1.15 bits per heavy atom. The molecule has 0 bridgehead atoms. The molecule has 1 N–H and O–H groups in total. The van der Waals surface area contributed by atoms with Crippen LogP contribution < -0.4 is 10.2 Å². The minimum Gasteiger partial charge on any atom is -0.488 e. The molecule has 0 saturated carbocycles. The predicted octanol–water partition coefficient (Wildman–Crippen LogP) is 6.05. The van der Waals surface area contributed by atoms with Crippen molar-refractivity contribution in [2.75, 3.05) is 0 Å². The van der Waals surface area contributed by atoms with Gasteiger partial charge < -0.3 is 9.15 Å². The number of carbonyl (C=O) groups is 1. The van der Waals surface area contributed by atoms with E-state index in [2.05, 4.69) is 49.0 Å². The van der Waals surface area contributed by atoms with E-state index in [1.807, 2.05) is 24.3 Å². The molecule has 4 aromatic rings. The maximum Gasteiger partial charge on any atom is 0.307 e. The van der Waals surface area contributed by atoms with Gasteiger partial charge in [0.15, 0.2) is 5.76 Å². The highest BCUT2D eigenvalue weighted by molar-refractivity contribution is 14.1. The van der Waals surface area contributed by atoms with Crippen LogP contribution in [-0.4, -0.2) is 17.0 Å². The Balaban J connectivity index is 1.35. The van der Waals surface area contributed by atoms with Crippen LogP contribution >= 0.6 is 38.5 Å². The lowest BCUT2D eigenvalue weighted by molar-refractivity contribution is -0.384. The molecule has 0 spiro atoms. The molecule has 0 aliphatic rings. The zero-order valence-corrected chi connectivity index (χ0v) is 20.6. The third kappa shape index (κ3) is 5.76. The number of hydrogen-bond acceptors (Lipinski definition) is 6. The predicted molar refractivity (Wildman–Crippen MR) is 136 cm³/mol. The summed E-state index contributed by atoms with van der Waals surface area (Å²) < 4.78 is 13.1. The summed E-state index contributed by atoms with van der Waals surface area (Å²) >= 11 is 5.53. The fourth-order valence-electron chi connectivity index (χ4n) is 2.94. The lowest BCUT2D eigenvalue weighted by Crippen LogP contribution is -2.16. The standard InChI is InChI=1S/C23H15BrIN3O5/c24-17-4-8-20-16(10-17)11-22(33-20)23(29)27-26-12-15-3-7-21(19(25)9-15)32-13-14-1-5-18(6-2-14)28(30)31/h1-12H,13H2,(H,27,29)/b26-12+. The largest absolute Gasteiger partial charge is 0.488 e. The van der Waals surface area contributed by atoms with Gasteiger partial charge in [0, 0.05) is 22.0 Å². The highest BCUT2D eigenvalue weighted by Crippen LogP contribution is 2.24. The van der Waals surface area contributed by atoms with E-state index in [0.717, 1.165) is 24.6 Å². The summed E-state index contributed by atoms with van der Waals surface area (Å²) in [7, 11) is 0. The zero-order chi connectivity index (χ0) is 23.4. The van der Waals surface area contributed by atoms with Crippen LogP contribution in [0.5, 0.6) is 5.75 Å². The number of furan rings is 1. The van der Waals surface area contributed by atoms with Crippen LogP contribution in [-0.2, 0) is 6.61 Å². The van der Waals surface area contributed by atoms with E-state index >= 15 is 0 Å². The number of fused-ring (bicyclic) bond motifs is 1. The Labute approximate surface area is 210 Å². The Morgan fingerprint density at radius 2 is 1.94 bits per heavy atom. The maximum atomic E-state index is 12.3. The molecule has 8 nitrogen and oxygen atoms in total. The van der Waals surface area contributed by atoms with E-state index in [-0.39, 0.29) is 18.1 Å². The number of carbonyl (C=O) groups excluding carboxylic acids is 1. The fraction of sp³-hybridized carbons (Fsp3) is 0.0435. The summed E-state index contributed by atoms with van der Waals surface area (Å²) in [4.78, 5) is 22.6. The smallest absolute Gasteiger partial charge is 0.307 e. The molecular formula is C23H15BrIN3O5. The second-order valence-electron chi connectivity index (χ2n) is 6.89. The summed E-state index contributed by atoms with van der Waals surface area (Å²) in [6, 6.07) is 18.8. The minimum atomic E-state index is -0.448. The first-order chi connectivity index (χ1) is 15.9. The number of halogens is 2. The first-order valence-electron chi connectivity index (χ1n) is 9.57. The Bertz CT molecular complexity index is 1370. The van der Waals surface area contributed by atoms with Gasteiger partial charge in [-0.15, -0.1) is 0 Å². The molecule has 0 aliphatic heterocycles. The second kappa shape index (κ2) is 10.1. The maximum absolute atomic E-state index is 12.3. The lowest BCUT2D eigenvalue weighted by Gasteiger charge is -2.09. The van der Waals surface area contributed by atoms with Gasteiger partial charge in [0.2, 0.25) is 0 Å². The molecule has 4 rings (SSSR count). The van der Waals surface area contributed by atoms with Crippen LogP contribution in [0, 0.1) is 13.7 Å². The number of amides is 1. The topological polar surface area (TPSA) is 107 Å². The number of hydrazone groups is 1. The average molecular weight is 620 g/mol. The lowest BCUT2D eigenvalue weighted by atomic mass is 10.2. The molecule has 166 valence electrons. The number of nitrogens with zero attached hydrogens (tertiary/aromatic N) is 2. The molecule has 0 radical (unpaired) electrons. The molecule has 1 amide bonds. The summed E-state index contributed by atoms with van der Waals surface area (Å²) in [5, 5.41) is 15.6. The highest BCUT2D eigenvalue weighted by Gasteiger charge is 2.12. The van der Waals surface area contributed by atoms with Gasteiger partial charge in [0.25, 0.3) is 5.69 Å². The number of rotatable bonds is 7. The van der Waals surface area contributed by atoms with Crippen LogP contribution in [0.4, 0.5) is 5.69 Å². The van der Waals surface area contributed by atoms with Crippen LogP contribution in [0.25, 0.3) is 11.0 Å². The van der Waals surface area contributed by atoms with E-state index in [0.29, 0.717) is 11.3 Å². The van der Waals surface area contributed by atoms with Gasteiger partial charge in [-0.2, -0.15) is 5.10 Å². The number of non-ortho nitro benzene ring substituents is 1. The number of hydrogen-bond donors (Lipinski definition) is 1. The Morgan fingerprint density at radius 3 is 2.67 bits per heavy atom. The number of nitro groups is 1. The van der Waals surface area contributed by atoms with Crippen molar-refractivity contribution in [2.24, 2.45) is 5.10 Å². The highest BCUT2D eigenvalue weighted by atomic mass is 127. The van der Waals surface area contributed by atoms with E-state index in [1.54, 1.807) is 30.3 Å². The molecule has 0 aliphatic carbocycles. The van der Waals surface area contributed by atoms with E-state index in [1.165, 1.54) is 18.3 Å². The van der Waals surface area contributed by atoms with Crippen molar-refractivity contribution in [1.82, 2.24) is 5.43 Å². The molecule has 1 aromatic heterocycles. The van der Waals surface area contributed by atoms with E-state index in [9.17, 15) is 14.9 Å². The second-order valence-corrected chi connectivity index (χ2v) is 8.97. The molecule has 33 heavy (non-hydrogen) atoms. The third-order valence-corrected chi connectivity index (χ3v) is 5.92. The summed E-state index contributed by atoms with van der Waals surface area (Å²) in [5.41, 5.74) is 4.71. The molecule has 10 heteroatoms. The molecule has 3 aromatic carbocycles. The van der Waals surface area contributed by atoms with Crippen molar-refractivity contribution in [3.05, 3.63) is 102 Å². The SMILES string of the molecule is O=C(N/N=C/c1ccc(OCc2ccc([N+](=O)[O-])cc2)c(I)c1)c1cc2cc(Br)ccc2o1. The normalized spacial score (nSPS) is 11.1. The molecule has 1 heterocycles. The molecular weight excluding hydrogens is 605 g/mol. The minimum absolute atomic E-state index is 0.0393. The van der Waals surface area contributed by atoms with Gasteiger partial charge in [-0.1, -0.05) is 15.9 Å². The number of ether oxygens (including phenoxy) is 1. The Kier molecular flexibility index (Phi) is 7.04. The average Bonchev–Trinajstić information content (AvgIpc) is 3.22. The van der Waals surface area contributed by atoms with Crippen molar-refractivity contribution >= 4 is 67.3 Å². The van der Waals surface area contributed by atoms with Crippen LogP contribution in [0.15, 0.2) is 80.7 Å². The molecule has 0 unspecified atom stereocenters. The van der Waals surface area contributed by atoms with Crippen LogP contribution in [0.1, 0.15) is 21.7 Å². The van der Waals surface area contributed by atoms with Gasteiger partial charge >= 0.3 is 5.91 Å². The quantitative estimate of drug-likeness (QED) is 0.117. The first kappa shape index (κ1) is 22.9. The van der Waals surface area contributed by atoms with Gasteiger partial charge in [0.1, 0.15) is 17.9 Å².